The number of hydrogen-bond donors (Lipinski definition) is 2. The number of methoxy groups -OCH3 is 1. The van der Waals surface area contributed by atoms with E-state index in [1.165, 1.54) is 12.3 Å². The van der Waals surface area contributed by atoms with Crippen LogP contribution in [-0.2, 0) is 16.8 Å². The molecule has 11 heteroatoms. The molecule has 1 aromatic heterocycles. The number of fused-ring (bicyclic) bond motifs is 2. The molecule has 4 rings (SSSR count). The van der Waals surface area contributed by atoms with E-state index in [2.05, 4.69) is 5.32 Å². The Labute approximate surface area is 207 Å². The Bertz CT molecular complexity index is 1210. The molecule has 2 amide bonds. The van der Waals surface area contributed by atoms with Crippen LogP contribution in [0.15, 0.2) is 29.2 Å². The van der Waals surface area contributed by atoms with Crippen LogP contribution in [0.4, 0.5) is 8.78 Å². The van der Waals surface area contributed by atoms with Gasteiger partial charge >= 0.3 is 0 Å². The normalized spacial score (nSPS) is 20.9. The average molecular weight is 512 g/mol. The molecule has 0 radical (unpaired) electrons. The van der Waals surface area contributed by atoms with E-state index < -0.39 is 40.2 Å². The third-order valence-electron chi connectivity index (χ3n) is 6.68. The highest BCUT2D eigenvalue weighted by Gasteiger charge is 2.52. The minimum Gasteiger partial charge on any atom is -0.503 e. The topological polar surface area (TPSA) is 101 Å². The van der Waals surface area contributed by atoms with Gasteiger partial charge in [-0.15, -0.1) is 12.4 Å². The highest BCUT2D eigenvalue weighted by molar-refractivity contribution is 5.99. The van der Waals surface area contributed by atoms with Crippen LogP contribution >= 0.6 is 12.4 Å². The van der Waals surface area contributed by atoms with Crippen LogP contribution in [0.5, 0.6) is 5.75 Å². The van der Waals surface area contributed by atoms with Gasteiger partial charge in [-0.25, -0.2) is 8.78 Å². The van der Waals surface area contributed by atoms with Crippen molar-refractivity contribution in [1.29, 1.82) is 0 Å². The molecule has 35 heavy (non-hydrogen) atoms. The minimum atomic E-state index is -0.981. The van der Waals surface area contributed by atoms with Gasteiger partial charge in [0.1, 0.15) is 17.2 Å². The molecule has 0 saturated heterocycles. The number of benzene rings is 1. The standard InChI is InChI=1S/C24H27F2N3O5.ClH/c1-13(2)28-12-24(7-14(8-24)11-34-3)29-10-17(20(30)21(31)19(29)23(28)33)22(32)27-9-15-4-5-16(25)6-18(15)26;/h4-6,10,13-14,31H,7-9,11-12H2,1-3H3,(H,27,32);1H/t14-,24-;. The fourth-order valence-corrected chi connectivity index (χ4v) is 4.99. The van der Waals surface area contributed by atoms with Crippen molar-refractivity contribution in [1.82, 2.24) is 14.8 Å². The molecule has 0 unspecified atom stereocenters. The maximum Gasteiger partial charge on any atom is 0.274 e. The van der Waals surface area contributed by atoms with Gasteiger partial charge in [0, 0.05) is 50.7 Å². The maximum absolute atomic E-state index is 13.9. The SMILES string of the molecule is COC[C@H]1C[C@@]2(CN(C(C)C)C(=O)c3c(O)c(=O)c(C(=O)NCc4ccc(F)cc4F)cn32)C1.Cl. The summed E-state index contributed by atoms with van der Waals surface area (Å²) in [7, 11) is 1.61. The number of aromatic hydroxyl groups is 1. The first kappa shape index (κ1) is 26.6. The third-order valence-corrected chi connectivity index (χ3v) is 6.68. The second-order valence-electron chi connectivity index (χ2n) is 9.34. The number of aromatic nitrogens is 1. The fraction of sp³-hybridized carbons (Fsp3) is 0.458. The van der Waals surface area contributed by atoms with Crippen molar-refractivity contribution >= 4 is 24.2 Å². The number of amides is 2. The van der Waals surface area contributed by atoms with Crippen LogP contribution in [0.3, 0.4) is 0 Å². The van der Waals surface area contributed by atoms with Crippen LogP contribution in [0.2, 0.25) is 0 Å². The highest BCUT2D eigenvalue weighted by atomic mass is 35.5. The summed E-state index contributed by atoms with van der Waals surface area (Å²) in [6, 6.07) is 2.81. The van der Waals surface area contributed by atoms with E-state index in [-0.39, 0.29) is 47.7 Å². The molecule has 2 N–H and O–H groups in total. The molecular formula is C24H28ClF2N3O5. The molecule has 190 valence electrons. The van der Waals surface area contributed by atoms with Crippen molar-refractivity contribution in [3.63, 3.8) is 0 Å². The van der Waals surface area contributed by atoms with E-state index in [0.29, 0.717) is 32.1 Å². The molecule has 0 bridgehead atoms. The third kappa shape index (κ3) is 4.64. The van der Waals surface area contributed by atoms with Gasteiger partial charge in [-0.2, -0.15) is 0 Å². The van der Waals surface area contributed by atoms with Crippen molar-refractivity contribution in [2.45, 2.75) is 44.8 Å². The van der Waals surface area contributed by atoms with Crippen LogP contribution in [0.25, 0.3) is 0 Å². The van der Waals surface area contributed by atoms with Crippen molar-refractivity contribution in [3.8, 4) is 5.75 Å². The number of halogens is 3. The zero-order valence-electron chi connectivity index (χ0n) is 19.6. The van der Waals surface area contributed by atoms with Gasteiger partial charge in [0.25, 0.3) is 11.8 Å². The lowest BCUT2D eigenvalue weighted by Crippen LogP contribution is -2.62. The fourth-order valence-electron chi connectivity index (χ4n) is 4.99. The molecule has 2 aromatic rings. The lowest BCUT2D eigenvalue weighted by molar-refractivity contribution is -0.0284. The monoisotopic (exact) mass is 511 g/mol. The molecule has 1 aromatic carbocycles. The van der Waals surface area contributed by atoms with Crippen molar-refractivity contribution in [2.24, 2.45) is 5.92 Å². The van der Waals surface area contributed by atoms with Crippen molar-refractivity contribution in [3.05, 3.63) is 63.1 Å². The summed E-state index contributed by atoms with van der Waals surface area (Å²) >= 11 is 0. The van der Waals surface area contributed by atoms with E-state index in [1.54, 1.807) is 16.6 Å². The second kappa shape index (κ2) is 9.94. The number of carbonyl (C=O) groups excluding carboxylic acids is 2. The number of pyridine rings is 1. The van der Waals surface area contributed by atoms with Gasteiger partial charge in [0.15, 0.2) is 11.4 Å². The number of nitrogens with zero attached hydrogens (tertiary/aromatic N) is 2. The zero-order valence-corrected chi connectivity index (χ0v) is 20.5. The summed E-state index contributed by atoms with van der Waals surface area (Å²) in [5.74, 6) is -3.44. The number of rotatable bonds is 6. The summed E-state index contributed by atoms with van der Waals surface area (Å²) in [6.07, 6.45) is 2.61. The molecule has 2 heterocycles. The molecule has 1 spiro atoms. The largest absolute Gasteiger partial charge is 0.503 e. The molecule has 2 aliphatic rings. The quantitative estimate of drug-likeness (QED) is 0.621. The maximum atomic E-state index is 13.9. The van der Waals surface area contributed by atoms with Crippen molar-refractivity contribution < 1.29 is 28.2 Å². The first-order valence-corrected chi connectivity index (χ1v) is 11.1. The summed E-state index contributed by atoms with van der Waals surface area (Å²) in [5.41, 5.74) is -2.02. The van der Waals surface area contributed by atoms with Gasteiger partial charge in [-0.1, -0.05) is 6.07 Å². The minimum absolute atomic E-state index is 0. The van der Waals surface area contributed by atoms with Gasteiger partial charge in [0.05, 0.1) is 5.54 Å². The summed E-state index contributed by atoms with van der Waals surface area (Å²) < 4.78 is 33.9. The van der Waals surface area contributed by atoms with E-state index in [0.717, 1.165) is 6.07 Å². The Kier molecular flexibility index (Phi) is 7.56. The first-order valence-electron chi connectivity index (χ1n) is 11.1. The van der Waals surface area contributed by atoms with Gasteiger partial charge in [-0.3, -0.25) is 14.4 Å². The number of carbonyl (C=O) groups is 2. The van der Waals surface area contributed by atoms with Crippen molar-refractivity contribution in [2.75, 3.05) is 20.3 Å². The molecular weight excluding hydrogens is 484 g/mol. The van der Waals surface area contributed by atoms with E-state index in [1.807, 2.05) is 13.8 Å². The van der Waals surface area contributed by atoms with Gasteiger partial charge < -0.3 is 24.6 Å². The molecule has 1 aliphatic carbocycles. The van der Waals surface area contributed by atoms with Crippen LogP contribution in [0.1, 0.15) is 53.1 Å². The Morgan fingerprint density at radius 2 is 1.97 bits per heavy atom. The molecule has 8 nitrogen and oxygen atoms in total. The molecule has 1 saturated carbocycles. The predicted octanol–water partition coefficient (Wildman–Crippen LogP) is 2.80. The average Bonchev–Trinajstić information content (AvgIpc) is 2.75. The number of ether oxygens (including phenoxy) is 1. The van der Waals surface area contributed by atoms with Crippen LogP contribution < -0.4 is 10.7 Å². The van der Waals surface area contributed by atoms with Crippen LogP contribution in [0, 0.1) is 17.6 Å². The number of nitrogens with one attached hydrogen (secondary N) is 1. The lowest BCUT2D eigenvalue weighted by atomic mass is 9.66. The summed E-state index contributed by atoms with van der Waals surface area (Å²) in [5, 5.41) is 13.2. The summed E-state index contributed by atoms with van der Waals surface area (Å²) in [6.45, 7) is 4.35. The van der Waals surface area contributed by atoms with Crippen LogP contribution in [-0.4, -0.2) is 52.7 Å². The van der Waals surface area contributed by atoms with E-state index in [9.17, 15) is 28.3 Å². The Morgan fingerprint density at radius 1 is 1.29 bits per heavy atom. The molecule has 1 fully saturated rings. The van der Waals surface area contributed by atoms with Gasteiger partial charge in [0.2, 0.25) is 5.43 Å². The highest BCUT2D eigenvalue weighted by Crippen LogP contribution is 2.48. The number of hydrogen-bond acceptors (Lipinski definition) is 5. The molecule has 1 aliphatic heterocycles. The Hall–Kier alpha value is -2.98. The lowest BCUT2D eigenvalue weighted by Gasteiger charge is -2.55. The predicted molar refractivity (Wildman–Crippen MR) is 126 cm³/mol. The smallest absolute Gasteiger partial charge is 0.274 e. The second-order valence-corrected chi connectivity index (χ2v) is 9.34. The van der Waals surface area contributed by atoms with E-state index >= 15 is 0 Å². The van der Waals surface area contributed by atoms with Gasteiger partial charge in [-0.05, 0) is 38.7 Å². The molecule has 0 atom stereocenters. The zero-order chi connectivity index (χ0) is 24.8. The first-order chi connectivity index (χ1) is 16.1. The Morgan fingerprint density at radius 3 is 2.57 bits per heavy atom. The summed E-state index contributed by atoms with van der Waals surface area (Å²) in [4.78, 5) is 40.5. The Balaban J connectivity index is 0.00000342. The van der Waals surface area contributed by atoms with E-state index in [4.69, 9.17) is 4.74 Å².